The minimum Gasteiger partial charge on any atom is -0.492 e. The minimum atomic E-state index is -0.597. The first kappa shape index (κ1) is 21.4. The van der Waals surface area contributed by atoms with Crippen molar-refractivity contribution in [3.05, 3.63) is 69.8 Å². The van der Waals surface area contributed by atoms with Crippen LogP contribution in [-0.2, 0) is 10.3 Å². The second-order valence-corrected chi connectivity index (χ2v) is 9.68. The molecule has 2 aromatic carbocycles. The summed E-state index contributed by atoms with van der Waals surface area (Å²) < 4.78 is 12.5. The highest BCUT2D eigenvalue weighted by Crippen LogP contribution is 2.37. The van der Waals surface area contributed by atoms with Gasteiger partial charge in [0.2, 0.25) is 0 Å². The standard InChI is InChI=1S/C25H26BrN3O3/c1-16-5-6-19(32-13-18-7-9-29(18)2)12-21(16)24(30)28-25(14-31-15-25)22-10-17(26)11-23-20(22)4-3-8-27-23/h3-6,8,10-12,18H,7,9,13-15H2,1-2H3,(H,28,30)/t18-/m0/s1. The van der Waals surface area contributed by atoms with Crippen molar-refractivity contribution in [2.24, 2.45) is 0 Å². The van der Waals surface area contributed by atoms with Gasteiger partial charge in [-0.05, 0) is 68.4 Å². The number of carbonyl (C=O) groups is 1. The number of fused-ring (bicyclic) bond motifs is 1. The zero-order chi connectivity index (χ0) is 22.3. The number of amides is 1. The van der Waals surface area contributed by atoms with Crippen molar-refractivity contribution in [2.75, 3.05) is 33.4 Å². The molecule has 0 bridgehead atoms. The van der Waals surface area contributed by atoms with E-state index >= 15 is 0 Å². The first-order valence-corrected chi connectivity index (χ1v) is 11.6. The fourth-order valence-electron chi connectivity index (χ4n) is 4.34. The Morgan fingerprint density at radius 1 is 1.31 bits per heavy atom. The molecule has 2 fully saturated rings. The molecule has 0 aliphatic carbocycles. The summed E-state index contributed by atoms with van der Waals surface area (Å²) in [5.74, 6) is 0.589. The van der Waals surface area contributed by atoms with Crippen LogP contribution in [0.2, 0.25) is 0 Å². The molecule has 0 unspecified atom stereocenters. The third-order valence-electron chi connectivity index (χ3n) is 6.59. The number of carbonyl (C=O) groups excluding carboxylic acids is 1. The maximum atomic E-state index is 13.4. The van der Waals surface area contributed by atoms with Crippen LogP contribution in [0.3, 0.4) is 0 Å². The molecule has 32 heavy (non-hydrogen) atoms. The molecule has 166 valence electrons. The van der Waals surface area contributed by atoms with Gasteiger partial charge in [0, 0.05) is 27.7 Å². The average molecular weight is 496 g/mol. The monoisotopic (exact) mass is 495 g/mol. The molecule has 2 saturated heterocycles. The second kappa shape index (κ2) is 8.46. The van der Waals surface area contributed by atoms with E-state index in [-0.39, 0.29) is 5.91 Å². The van der Waals surface area contributed by atoms with Gasteiger partial charge in [-0.15, -0.1) is 0 Å². The first-order chi connectivity index (χ1) is 15.4. The average Bonchev–Trinajstić information content (AvgIpc) is 2.75. The molecule has 1 atom stereocenters. The molecule has 3 heterocycles. The van der Waals surface area contributed by atoms with E-state index in [1.54, 1.807) is 6.20 Å². The number of pyridine rings is 1. The summed E-state index contributed by atoms with van der Waals surface area (Å²) in [6, 6.07) is 14.1. The minimum absolute atomic E-state index is 0.131. The molecule has 2 aliphatic rings. The fraction of sp³-hybridized carbons (Fsp3) is 0.360. The summed E-state index contributed by atoms with van der Waals surface area (Å²) in [4.78, 5) is 20.2. The molecule has 0 radical (unpaired) electrons. The third kappa shape index (κ3) is 3.89. The molecule has 5 rings (SSSR count). The summed E-state index contributed by atoms with van der Waals surface area (Å²) in [5.41, 5.74) is 2.82. The number of aromatic nitrogens is 1. The summed E-state index contributed by atoms with van der Waals surface area (Å²) in [7, 11) is 2.10. The number of nitrogens with one attached hydrogen (secondary N) is 1. The van der Waals surface area contributed by atoms with E-state index in [2.05, 4.69) is 38.2 Å². The van der Waals surface area contributed by atoms with Crippen molar-refractivity contribution in [3.8, 4) is 5.75 Å². The third-order valence-corrected chi connectivity index (χ3v) is 7.04. The largest absolute Gasteiger partial charge is 0.492 e. The molecule has 0 spiro atoms. The molecule has 6 nitrogen and oxygen atoms in total. The van der Waals surface area contributed by atoms with E-state index < -0.39 is 5.54 Å². The van der Waals surface area contributed by atoms with E-state index in [0.717, 1.165) is 45.2 Å². The van der Waals surface area contributed by atoms with E-state index in [0.29, 0.717) is 31.4 Å². The molecule has 1 N–H and O–H groups in total. The molecule has 1 amide bonds. The number of benzene rings is 2. The van der Waals surface area contributed by atoms with Crippen molar-refractivity contribution in [3.63, 3.8) is 0 Å². The molecular formula is C25H26BrN3O3. The molecule has 2 aliphatic heterocycles. The van der Waals surface area contributed by atoms with Crippen LogP contribution < -0.4 is 10.1 Å². The number of halogens is 1. The van der Waals surface area contributed by atoms with Crippen LogP contribution in [-0.4, -0.2) is 55.2 Å². The normalized spacial score (nSPS) is 19.8. The van der Waals surface area contributed by atoms with E-state index in [1.807, 2.05) is 49.4 Å². The Morgan fingerprint density at radius 2 is 2.16 bits per heavy atom. The second-order valence-electron chi connectivity index (χ2n) is 8.76. The van der Waals surface area contributed by atoms with Crippen molar-refractivity contribution >= 4 is 32.7 Å². The summed E-state index contributed by atoms with van der Waals surface area (Å²) in [6.45, 7) is 4.53. The number of hydrogen-bond acceptors (Lipinski definition) is 5. The van der Waals surface area contributed by atoms with E-state index in [9.17, 15) is 4.79 Å². The van der Waals surface area contributed by atoms with Gasteiger partial charge in [0.05, 0.1) is 18.7 Å². The SMILES string of the molecule is Cc1ccc(OC[C@@H]2CCN2C)cc1C(=O)NC1(c2cc(Br)cc3ncccc23)COC1. The summed E-state index contributed by atoms with van der Waals surface area (Å²) in [5, 5.41) is 4.28. The van der Waals surface area contributed by atoms with Gasteiger partial charge >= 0.3 is 0 Å². The Bertz CT molecular complexity index is 1180. The maximum absolute atomic E-state index is 13.4. The summed E-state index contributed by atoms with van der Waals surface area (Å²) in [6.07, 6.45) is 2.92. The summed E-state index contributed by atoms with van der Waals surface area (Å²) >= 11 is 3.59. The quantitative estimate of drug-likeness (QED) is 0.558. The highest BCUT2D eigenvalue weighted by Gasteiger charge is 2.43. The Labute approximate surface area is 196 Å². The van der Waals surface area contributed by atoms with Gasteiger partial charge in [0.1, 0.15) is 17.9 Å². The number of ether oxygens (including phenoxy) is 2. The molecule has 7 heteroatoms. The Hall–Kier alpha value is -2.48. The molecule has 3 aromatic rings. The lowest BCUT2D eigenvalue weighted by Gasteiger charge is -2.43. The van der Waals surface area contributed by atoms with Crippen LogP contribution in [0.5, 0.6) is 5.75 Å². The number of likely N-dealkylation sites (N-methyl/N-ethyl adjacent to an activating group) is 1. The van der Waals surface area contributed by atoms with Crippen LogP contribution >= 0.6 is 15.9 Å². The van der Waals surface area contributed by atoms with Crippen molar-refractivity contribution in [2.45, 2.75) is 24.9 Å². The zero-order valence-electron chi connectivity index (χ0n) is 18.2. The fourth-order valence-corrected chi connectivity index (χ4v) is 4.78. The smallest absolute Gasteiger partial charge is 0.252 e. The lowest BCUT2D eigenvalue weighted by atomic mass is 9.85. The predicted octanol–water partition coefficient (Wildman–Crippen LogP) is 4.04. The Morgan fingerprint density at radius 3 is 2.84 bits per heavy atom. The number of aryl methyl sites for hydroxylation is 1. The highest BCUT2D eigenvalue weighted by atomic mass is 79.9. The number of hydrogen-bond donors (Lipinski definition) is 1. The van der Waals surface area contributed by atoms with Gasteiger partial charge in [0.25, 0.3) is 5.91 Å². The highest BCUT2D eigenvalue weighted by molar-refractivity contribution is 9.10. The van der Waals surface area contributed by atoms with Gasteiger partial charge in [-0.25, -0.2) is 0 Å². The van der Waals surface area contributed by atoms with Crippen LogP contribution in [0.1, 0.15) is 27.9 Å². The Kier molecular flexibility index (Phi) is 5.65. The van der Waals surface area contributed by atoms with Gasteiger partial charge < -0.3 is 14.8 Å². The van der Waals surface area contributed by atoms with Gasteiger partial charge in [0.15, 0.2) is 0 Å². The van der Waals surface area contributed by atoms with Crippen molar-refractivity contribution in [1.82, 2.24) is 15.2 Å². The van der Waals surface area contributed by atoms with Crippen LogP contribution in [0.15, 0.2) is 53.1 Å². The van der Waals surface area contributed by atoms with Gasteiger partial charge in [-0.2, -0.15) is 0 Å². The van der Waals surface area contributed by atoms with Crippen molar-refractivity contribution in [1.29, 1.82) is 0 Å². The van der Waals surface area contributed by atoms with Gasteiger partial charge in [-0.3, -0.25) is 14.7 Å². The first-order valence-electron chi connectivity index (χ1n) is 10.8. The van der Waals surface area contributed by atoms with Crippen LogP contribution in [0, 0.1) is 6.92 Å². The lowest BCUT2D eigenvalue weighted by Crippen LogP contribution is -2.59. The number of nitrogens with zero attached hydrogens (tertiary/aromatic N) is 2. The maximum Gasteiger partial charge on any atom is 0.252 e. The van der Waals surface area contributed by atoms with E-state index in [1.165, 1.54) is 0 Å². The lowest BCUT2D eigenvalue weighted by molar-refractivity contribution is -0.0726. The molecule has 0 saturated carbocycles. The van der Waals surface area contributed by atoms with Crippen LogP contribution in [0.25, 0.3) is 10.9 Å². The zero-order valence-corrected chi connectivity index (χ0v) is 19.8. The predicted molar refractivity (Wildman–Crippen MR) is 127 cm³/mol. The van der Waals surface area contributed by atoms with E-state index in [4.69, 9.17) is 9.47 Å². The molecule has 1 aromatic heterocycles. The van der Waals surface area contributed by atoms with Crippen LogP contribution in [0.4, 0.5) is 0 Å². The number of likely N-dealkylation sites (tertiary alicyclic amines) is 1. The number of rotatable bonds is 6. The van der Waals surface area contributed by atoms with Gasteiger partial charge in [-0.1, -0.05) is 28.1 Å². The topological polar surface area (TPSA) is 63.7 Å². The molecular weight excluding hydrogens is 470 g/mol. The Balaban J connectivity index is 1.41. The van der Waals surface area contributed by atoms with Crippen molar-refractivity contribution < 1.29 is 14.3 Å².